The summed E-state index contributed by atoms with van der Waals surface area (Å²) >= 11 is 9.46. The first-order valence-corrected chi connectivity index (χ1v) is 10.8. The third-order valence-electron chi connectivity index (χ3n) is 4.94. The molecule has 0 spiro atoms. The van der Waals surface area contributed by atoms with Crippen LogP contribution in [0.15, 0.2) is 52.5 Å². The van der Waals surface area contributed by atoms with E-state index in [2.05, 4.69) is 15.9 Å². The van der Waals surface area contributed by atoms with Gasteiger partial charge < -0.3 is 14.7 Å². The van der Waals surface area contributed by atoms with Gasteiger partial charge in [-0.25, -0.2) is 0 Å². The highest BCUT2D eigenvalue weighted by atomic mass is 79.9. The van der Waals surface area contributed by atoms with Crippen LogP contribution in [0.5, 0.6) is 0 Å². The number of Topliss-reactive ketones (excluding diaryl/α,β-unsaturated/α-hetero) is 1. The standard InChI is InChI=1S/C23H23BrClNO4/c1-13(2)30-11-10-26-20(15-4-7-17(25)8-5-15)19(22(28)23(26)29)21(27)16-6-9-18(24)14(3)12-16/h4-9,12-13,20,27H,10-11H2,1-3H3/b21-19-. The van der Waals surface area contributed by atoms with Crippen molar-refractivity contribution < 1.29 is 19.4 Å². The summed E-state index contributed by atoms with van der Waals surface area (Å²) in [5, 5.41) is 11.6. The third kappa shape index (κ3) is 4.61. The van der Waals surface area contributed by atoms with E-state index in [4.69, 9.17) is 16.3 Å². The Morgan fingerprint density at radius 1 is 1.20 bits per heavy atom. The van der Waals surface area contributed by atoms with E-state index >= 15 is 0 Å². The van der Waals surface area contributed by atoms with Crippen LogP contribution < -0.4 is 0 Å². The fraction of sp³-hybridized carbons (Fsp3) is 0.304. The Hall–Kier alpha value is -2.15. The number of carbonyl (C=O) groups excluding carboxylic acids is 2. The zero-order valence-corrected chi connectivity index (χ0v) is 19.3. The summed E-state index contributed by atoms with van der Waals surface area (Å²) in [5.41, 5.74) is 2.14. The molecule has 2 aromatic carbocycles. The topological polar surface area (TPSA) is 66.8 Å². The number of carbonyl (C=O) groups is 2. The van der Waals surface area contributed by atoms with Gasteiger partial charge in [-0.15, -0.1) is 0 Å². The van der Waals surface area contributed by atoms with E-state index in [1.165, 1.54) is 4.90 Å². The van der Waals surface area contributed by atoms with E-state index in [1.807, 2.05) is 20.8 Å². The molecule has 1 fully saturated rings. The quantitative estimate of drug-likeness (QED) is 0.339. The van der Waals surface area contributed by atoms with E-state index in [0.717, 1.165) is 10.0 Å². The molecule has 2 aromatic rings. The third-order valence-corrected chi connectivity index (χ3v) is 6.08. The number of rotatable bonds is 6. The number of hydrogen-bond acceptors (Lipinski definition) is 4. The summed E-state index contributed by atoms with van der Waals surface area (Å²) in [7, 11) is 0. The molecule has 0 aliphatic carbocycles. The molecule has 7 heteroatoms. The normalized spacial score (nSPS) is 18.5. The van der Waals surface area contributed by atoms with Crippen LogP contribution in [0.25, 0.3) is 5.76 Å². The molecule has 1 aliphatic rings. The molecule has 1 atom stereocenters. The number of likely N-dealkylation sites (tertiary alicyclic amines) is 1. The largest absolute Gasteiger partial charge is 0.507 e. The highest BCUT2D eigenvalue weighted by Gasteiger charge is 2.45. The number of amides is 1. The summed E-state index contributed by atoms with van der Waals surface area (Å²) in [6, 6.07) is 11.5. The molecule has 0 aromatic heterocycles. The number of benzene rings is 2. The molecule has 0 saturated carbocycles. The Labute approximate surface area is 189 Å². The van der Waals surface area contributed by atoms with Gasteiger partial charge in [0.1, 0.15) is 5.76 Å². The average Bonchev–Trinajstić information content (AvgIpc) is 2.95. The lowest BCUT2D eigenvalue weighted by Crippen LogP contribution is -2.33. The van der Waals surface area contributed by atoms with Crippen molar-refractivity contribution in [2.24, 2.45) is 0 Å². The van der Waals surface area contributed by atoms with Crippen molar-refractivity contribution in [1.29, 1.82) is 0 Å². The van der Waals surface area contributed by atoms with Crippen molar-refractivity contribution in [3.63, 3.8) is 0 Å². The number of ketones is 1. The van der Waals surface area contributed by atoms with Crippen molar-refractivity contribution in [3.8, 4) is 0 Å². The molecule has 158 valence electrons. The first-order chi connectivity index (χ1) is 14.2. The maximum absolute atomic E-state index is 12.9. The van der Waals surface area contributed by atoms with E-state index in [-0.39, 0.29) is 30.6 Å². The predicted molar refractivity (Wildman–Crippen MR) is 120 cm³/mol. The minimum Gasteiger partial charge on any atom is -0.507 e. The van der Waals surface area contributed by atoms with Gasteiger partial charge in [0.15, 0.2) is 0 Å². The Morgan fingerprint density at radius 3 is 2.47 bits per heavy atom. The van der Waals surface area contributed by atoms with Crippen LogP contribution in [-0.2, 0) is 14.3 Å². The zero-order valence-electron chi connectivity index (χ0n) is 17.0. The Bertz CT molecular complexity index is 1000. The van der Waals surface area contributed by atoms with Gasteiger partial charge in [-0.1, -0.05) is 45.7 Å². The minimum absolute atomic E-state index is 0.00143. The van der Waals surface area contributed by atoms with Gasteiger partial charge in [0.2, 0.25) is 0 Å². The number of aliphatic hydroxyl groups excluding tert-OH is 1. The second-order valence-corrected chi connectivity index (χ2v) is 8.72. The number of aliphatic hydroxyl groups is 1. The van der Waals surface area contributed by atoms with Crippen LogP contribution in [0.3, 0.4) is 0 Å². The monoisotopic (exact) mass is 491 g/mol. The fourth-order valence-electron chi connectivity index (χ4n) is 3.44. The Kier molecular flexibility index (Phi) is 7.01. The van der Waals surface area contributed by atoms with Gasteiger partial charge in [0.05, 0.1) is 24.3 Å². The first kappa shape index (κ1) is 22.5. The summed E-state index contributed by atoms with van der Waals surface area (Å²) in [5.74, 6) is -1.56. The average molecular weight is 493 g/mol. The molecule has 0 bridgehead atoms. The van der Waals surface area contributed by atoms with Gasteiger partial charge in [-0.2, -0.15) is 0 Å². The van der Waals surface area contributed by atoms with Crippen molar-refractivity contribution >= 4 is 45.0 Å². The van der Waals surface area contributed by atoms with Crippen molar-refractivity contribution in [1.82, 2.24) is 4.90 Å². The van der Waals surface area contributed by atoms with Crippen LogP contribution in [0, 0.1) is 6.92 Å². The van der Waals surface area contributed by atoms with Gasteiger partial charge in [-0.05, 0) is 56.2 Å². The highest BCUT2D eigenvalue weighted by Crippen LogP contribution is 2.39. The van der Waals surface area contributed by atoms with E-state index < -0.39 is 17.7 Å². The molecular weight excluding hydrogens is 470 g/mol. The van der Waals surface area contributed by atoms with Crippen molar-refractivity contribution in [3.05, 3.63) is 74.2 Å². The molecule has 1 heterocycles. The van der Waals surface area contributed by atoms with E-state index in [9.17, 15) is 14.7 Å². The van der Waals surface area contributed by atoms with Crippen LogP contribution in [-0.4, -0.2) is 41.0 Å². The Balaban J connectivity index is 2.10. The smallest absolute Gasteiger partial charge is 0.295 e. The van der Waals surface area contributed by atoms with Gasteiger partial charge in [-0.3, -0.25) is 9.59 Å². The van der Waals surface area contributed by atoms with E-state index in [0.29, 0.717) is 16.1 Å². The SMILES string of the molecule is Cc1cc(/C(O)=C2/C(=O)C(=O)N(CCOC(C)C)C2c2ccc(Cl)cc2)ccc1Br. The predicted octanol–water partition coefficient (Wildman–Crippen LogP) is 5.26. The molecule has 1 N–H and O–H groups in total. The first-order valence-electron chi connectivity index (χ1n) is 9.62. The van der Waals surface area contributed by atoms with Crippen LogP contribution in [0.1, 0.15) is 36.6 Å². The molecule has 1 amide bonds. The number of ether oxygens (including phenoxy) is 1. The fourth-order valence-corrected chi connectivity index (χ4v) is 3.81. The molecule has 3 rings (SSSR count). The number of halogens is 2. The molecule has 30 heavy (non-hydrogen) atoms. The lowest BCUT2D eigenvalue weighted by molar-refractivity contribution is -0.140. The maximum Gasteiger partial charge on any atom is 0.295 e. The molecule has 5 nitrogen and oxygen atoms in total. The van der Waals surface area contributed by atoms with Gasteiger partial charge in [0, 0.05) is 21.6 Å². The number of hydrogen-bond donors (Lipinski definition) is 1. The summed E-state index contributed by atoms with van der Waals surface area (Å²) in [4.78, 5) is 27.2. The number of nitrogens with zero attached hydrogens (tertiary/aromatic N) is 1. The highest BCUT2D eigenvalue weighted by molar-refractivity contribution is 9.10. The van der Waals surface area contributed by atoms with Gasteiger partial charge in [0.25, 0.3) is 11.7 Å². The molecule has 1 aliphatic heterocycles. The zero-order chi connectivity index (χ0) is 22.0. The number of aryl methyl sites for hydroxylation is 1. The van der Waals surface area contributed by atoms with Crippen molar-refractivity contribution in [2.45, 2.75) is 32.9 Å². The van der Waals surface area contributed by atoms with Crippen LogP contribution >= 0.6 is 27.5 Å². The van der Waals surface area contributed by atoms with Crippen molar-refractivity contribution in [2.75, 3.05) is 13.2 Å². The Morgan fingerprint density at radius 2 is 1.87 bits per heavy atom. The molecular formula is C23H23BrClNO4. The van der Waals surface area contributed by atoms with E-state index in [1.54, 1.807) is 42.5 Å². The molecule has 1 unspecified atom stereocenters. The van der Waals surface area contributed by atoms with Gasteiger partial charge >= 0.3 is 0 Å². The maximum atomic E-state index is 12.9. The summed E-state index contributed by atoms with van der Waals surface area (Å²) in [6.45, 7) is 6.21. The van der Waals surface area contributed by atoms with Crippen LogP contribution in [0.4, 0.5) is 0 Å². The second-order valence-electron chi connectivity index (χ2n) is 7.43. The second kappa shape index (κ2) is 9.33. The summed E-state index contributed by atoms with van der Waals surface area (Å²) < 4.78 is 6.48. The molecule has 0 radical (unpaired) electrons. The molecule has 1 saturated heterocycles. The van der Waals surface area contributed by atoms with Crippen LogP contribution in [0.2, 0.25) is 5.02 Å². The minimum atomic E-state index is -0.720. The lowest BCUT2D eigenvalue weighted by atomic mass is 9.95. The summed E-state index contributed by atoms with van der Waals surface area (Å²) in [6.07, 6.45) is 0.00143. The lowest BCUT2D eigenvalue weighted by Gasteiger charge is -2.25.